The Balaban J connectivity index is 1.56. The highest BCUT2D eigenvalue weighted by atomic mass is 32.2. The molecule has 4 nitrogen and oxygen atoms in total. The van der Waals surface area contributed by atoms with Gasteiger partial charge in [-0.25, -0.2) is 22.5 Å². The van der Waals surface area contributed by atoms with Crippen molar-refractivity contribution >= 4 is 23.4 Å². The van der Waals surface area contributed by atoms with Gasteiger partial charge in [0.1, 0.15) is 16.8 Å². The Labute approximate surface area is 204 Å². The maximum atomic E-state index is 14.0. The lowest BCUT2D eigenvalue weighted by Crippen LogP contribution is -2.26. The van der Waals surface area contributed by atoms with Crippen molar-refractivity contribution in [2.45, 2.75) is 48.8 Å². The van der Waals surface area contributed by atoms with Crippen LogP contribution in [0.15, 0.2) is 47.5 Å². The van der Waals surface area contributed by atoms with Gasteiger partial charge in [-0.15, -0.1) is 0 Å². The van der Waals surface area contributed by atoms with Crippen molar-refractivity contribution < 1.29 is 22.4 Å². The van der Waals surface area contributed by atoms with Crippen molar-refractivity contribution in [3.05, 3.63) is 88.1 Å². The van der Waals surface area contributed by atoms with E-state index >= 15 is 0 Å². The molecule has 0 bridgehead atoms. The zero-order valence-corrected chi connectivity index (χ0v) is 19.6. The number of halogens is 4. The minimum Gasteiger partial charge on any atom is -0.320 e. The molecule has 2 aromatic carbocycles. The average Bonchev–Trinajstić information content (AvgIpc) is 2.88. The van der Waals surface area contributed by atoms with Crippen LogP contribution in [0.4, 0.5) is 23.2 Å². The molecule has 2 atom stereocenters. The summed E-state index contributed by atoms with van der Waals surface area (Å²) in [5, 5.41) is 11.1. The second-order valence-corrected chi connectivity index (χ2v) is 9.45. The second-order valence-electron chi connectivity index (χ2n) is 8.26. The van der Waals surface area contributed by atoms with Crippen molar-refractivity contribution in [1.82, 2.24) is 4.98 Å². The van der Waals surface area contributed by atoms with E-state index in [0.717, 1.165) is 35.9 Å². The summed E-state index contributed by atoms with van der Waals surface area (Å²) in [6, 6.07) is 14.1. The number of carbonyl (C=O) groups is 1. The maximum absolute atomic E-state index is 14.0. The normalized spacial score (nSPS) is 15.7. The maximum Gasteiger partial charge on any atom is 0.238 e. The zero-order valence-electron chi connectivity index (χ0n) is 18.7. The molecule has 3 aromatic rings. The molecule has 2 unspecified atom stereocenters. The Morgan fingerprint density at radius 1 is 1.17 bits per heavy atom. The number of rotatable bonds is 6. The van der Waals surface area contributed by atoms with Crippen molar-refractivity contribution in [1.29, 1.82) is 5.26 Å². The predicted molar refractivity (Wildman–Crippen MR) is 125 cm³/mol. The van der Waals surface area contributed by atoms with E-state index < -0.39 is 40.1 Å². The summed E-state index contributed by atoms with van der Waals surface area (Å²) >= 11 is 0.979. The number of pyridine rings is 1. The lowest BCUT2D eigenvalue weighted by atomic mass is 9.82. The van der Waals surface area contributed by atoms with Gasteiger partial charge < -0.3 is 5.32 Å². The number of carbonyl (C=O) groups excluding carboxylic acids is 1. The summed E-state index contributed by atoms with van der Waals surface area (Å²) in [5.74, 6) is -7.13. The first-order valence-electron chi connectivity index (χ1n) is 11.1. The first-order chi connectivity index (χ1) is 16.8. The van der Waals surface area contributed by atoms with Gasteiger partial charge in [-0.2, -0.15) is 5.26 Å². The molecule has 0 aliphatic heterocycles. The van der Waals surface area contributed by atoms with Crippen LogP contribution in [0.2, 0.25) is 0 Å². The molecule has 180 valence electrons. The molecule has 4 rings (SSSR count). The topological polar surface area (TPSA) is 65.8 Å². The quantitative estimate of drug-likeness (QED) is 0.246. The molecule has 1 aliphatic carbocycles. The fourth-order valence-electron chi connectivity index (χ4n) is 4.17. The smallest absolute Gasteiger partial charge is 0.238 e. The van der Waals surface area contributed by atoms with Crippen LogP contribution < -0.4 is 5.32 Å². The number of benzene rings is 2. The van der Waals surface area contributed by atoms with Gasteiger partial charge >= 0.3 is 0 Å². The third-order valence-electron chi connectivity index (χ3n) is 6.02. The van der Waals surface area contributed by atoms with Crippen molar-refractivity contribution in [2.75, 3.05) is 5.32 Å². The first kappa shape index (κ1) is 24.7. The standard InChI is InChI=1S/C26H21F4N3OS/c1-2-21(25(34)33-24-22(29)18(27)12-19(28)23(24)30)35-26-17(13-31)11-16-10-15(8-9-20(16)32-26)14-6-4-3-5-7-14/h3-7,11-12,15,21H,2,8-10H2,1H3,(H,33,34). The Bertz CT molecular complexity index is 1280. The number of aryl methyl sites for hydroxylation is 1. The molecule has 1 N–H and O–H groups in total. The van der Waals surface area contributed by atoms with Crippen molar-refractivity contribution in [2.24, 2.45) is 0 Å². The molecule has 1 heterocycles. The van der Waals surface area contributed by atoms with Gasteiger partial charge in [-0.1, -0.05) is 49.0 Å². The first-order valence-corrected chi connectivity index (χ1v) is 12.0. The summed E-state index contributed by atoms with van der Waals surface area (Å²) in [7, 11) is 0. The van der Waals surface area contributed by atoms with Gasteiger partial charge in [0.05, 0.1) is 10.8 Å². The van der Waals surface area contributed by atoms with E-state index in [4.69, 9.17) is 0 Å². The molecule has 1 aliphatic rings. The lowest BCUT2D eigenvalue weighted by molar-refractivity contribution is -0.115. The van der Waals surface area contributed by atoms with Gasteiger partial charge in [0.2, 0.25) is 5.91 Å². The number of aromatic nitrogens is 1. The summed E-state index contributed by atoms with van der Waals surface area (Å²) in [6.45, 7) is 1.67. The Morgan fingerprint density at radius 3 is 2.49 bits per heavy atom. The zero-order chi connectivity index (χ0) is 25.1. The minimum absolute atomic E-state index is 0.0744. The molecular formula is C26H21F4N3OS. The molecule has 9 heteroatoms. The van der Waals surface area contributed by atoms with E-state index in [1.807, 2.05) is 23.5 Å². The molecule has 1 amide bonds. The summed E-state index contributed by atoms with van der Waals surface area (Å²) in [6.07, 6.45) is 2.56. The van der Waals surface area contributed by atoms with Crippen LogP contribution in [0, 0.1) is 34.6 Å². The summed E-state index contributed by atoms with van der Waals surface area (Å²) < 4.78 is 55.0. The Hall–Kier alpha value is -3.38. The average molecular weight is 500 g/mol. The molecule has 0 saturated carbocycles. The fourth-order valence-corrected chi connectivity index (χ4v) is 5.17. The number of amides is 1. The van der Waals surface area contributed by atoms with Crippen LogP contribution in [-0.2, 0) is 17.6 Å². The second kappa shape index (κ2) is 10.5. The van der Waals surface area contributed by atoms with Gasteiger partial charge in [-0.05, 0) is 48.8 Å². The van der Waals surface area contributed by atoms with Gasteiger partial charge in [0.15, 0.2) is 23.3 Å². The van der Waals surface area contributed by atoms with E-state index in [1.165, 1.54) is 5.56 Å². The van der Waals surface area contributed by atoms with Crippen LogP contribution >= 0.6 is 11.8 Å². The predicted octanol–water partition coefficient (Wildman–Crippen LogP) is 6.29. The number of nitrogens with zero attached hydrogens (tertiary/aromatic N) is 2. The monoisotopic (exact) mass is 499 g/mol. The van der Waals surface area contributed by atoms with Crippen LogP contribution in [0.3, 0.4) is 0 Å². The Morgan fingerprint density at radius 2 is 1.86 bits per heavy atom. The number of fused-ring (bicyclic) bond motifs is 1. The summed E-state index contributed by atoms with van der Waals surface area (Å²) in [4.78, 5) is 17.4. The van der Waals surface area contributed by atoms with Gasteiger partial charge in [-0.3, -0.25) is 4.79 Å². The third-order valence-corrected chi connectivity index (χ3v) is 7.39. The number of anilines is 1. The van der Waals surface area contributed by atoms with Crippen LogP contribution in [0.5, 0.6) is 0 Å². The molecule has 35 heavy (non-hydrogen) atoms. The number of nitriles is 1. The van der Waals surface area contributed by atoms with Crippen molar-refractivity contribution in [3.63, 3.8) is 0 Å². The molecule has 0 radical (unpaired) electrons. The van der Waals surface area contributed by atoms with Gasteiger partial charge in [0, 0.05) is 11.8 Å². The molecule has 0 fully saturated rings. The highest BCUT2D eigenvalue weighted by Gasteiger charge is 2.28. The SMILES string of the molecule is CCC(Sc1nc2c(cc1C#N)CC(c1ccccc1)CC2)C(=O)Nc1c(F)c(F)cc(F)c1F. The highest BCUT2D eigenvalue weighted by molar-refractivity contribution is 8.00. The van der Waals surface area contributed by atoms with E-state index in [1.54, 1.807) is 13.0 Å². The number of hydrogen-bond acceptors (Lipinski definition) is 4. The molecule has 1 aromatic heterocycles. The number of nitrogens with one attached hydrogen (secondary N) is 1. The molecule has 0 spiro atoms. The fraction of sp³-hybridized carbons (Fsp3) is 0.269. The van der Waals surface area contributed by atoms with Crippen LogP contribution in [0.25, 0.3) is 0 Å². The highest BCUT2D eigenvalue weighted by Crippen LogP contribution is 2.36. The van der Waals surface area contributed by atoms with Crippen molar-refractivity contribution in [3.8, 4) is 6.07 Å². The Kier molecular flexibility index (Phi) is 7.41. The lowest BCUT2D eigenvalue weighted by Gasteiger charge is -2.25. The van der Waals surface area contributed by atoms with Gasteiger partial charge in [0.25, 0.3) is 0 Å². The largest absolute Gasteiger partial charge is 0.320 e. The van der Waals surface area contributed by atoms with Crippen LogP contribution in [0.1, 0.15) is 48.1 Å². The van der Waals surface area contributed by atoms with E-state index in [9.17, 15) is 27.6 Å². The number of hydrogen-bond donors (Lipinski definition) is 1. The third kappa shape index (κ3) is 5.17. The summed E-state index contributed by atoms with van der Waals surface area (Å²) in [5.41, 5.74) is 2.16. The van der Waals surface area contributed by atoms with E-state index in [-0.39, 0.29) is 12.5 Å². The number of thioether (sulfide) groups is 1. The van der Waals surface area contributed by atoms with E-state index in [0.29, 0.717) is 22.9 Å². The molecular weight excluding hydrogens is 478 g/mol. The molecule has 0 saturated heterocycles. The van der Waals surface area contributed by atoms with Crippen LogP contribution in [-0.4, -0.2) is 16.1 Å². The van der Waals surface area contributed by atoms with E-state index in [2.05, 4.69) is 23.2 Å². The minimum atomic E-state index is -1.69.